The Morgan fingerprint density at radius 3 is 2.79 bits per heavy atom. The van der Waals surface area contributed by atoms with E-state index in [4.69, 9.17) is 5.84 Å². The minimum atomic E-state index is 0.436. The number of nitrogen functional groups attached to an aromatic ring is 1. The highest BCUT2D eigenvalue weighted by Gasteiger charge is 2.11. The first kappa shape index (κ1) is 12.3. The average molecular weight is 289 g/mol. The molecule has 0 radical (unpaired) electrons. The number of rotatable bonds is 3. The van der Waals surface area contributed by atoms with Crippen molar-refractivity contribution in [2.75, 3.05) is 5.43 Å². The number of aromatic nitrogens is 3. The highest BCUT2D eigenvalue weighted by molar-refractivity contribution is 7.99. The fraction of sp³-hybridized carbons (Fsp3) is 0.0833. The van der Waals surface area contributed by atoms with Crippen LogP contribution in [0.15, 0.2) is 40.5 Å². The Balaban J connectivity index is 2.10. The molecular formula is C12H11N5S2. The van der Waals surface area contributed by atoms with E-state index in [9.17, 15) is 0 Å². The van der Waals surface area contributed by atoms with Crippen LogP contribution < -0.4 is 11.3 Å². The number of hydrogen-bond donors (Lipinski definition) is 2. The van der Waals surface area contributed by atoms with E-state index in [-0.39, 0.29) is 0 Å². The summed E-state index contributed by atoms with van der Waals surface area (Å²) >= 11 is 3.21. The molecule has 7 heteroatoms. The third kappa shape index (κ3) is 2.53. The second kappa shape index (κ2) is 5.12. The van der Waals surface area contributed by atoms with Gasteiger partial charge in [-0.25, -0.2) is 15.8 Å². The lowest BCUT2D eigenvalue weighted by atomic mass is 10.4. The van der Waals surface area contributed by atoms with E-state index < -0.39 is 0 Å². The summed E-state index contributed by atoms with van der Waals surface area (Å²) in [5.41, 5.74) is 2.51. The van der Waals surface area contributed by atoms with Crippen LogP contribution in [-0.4, -0.2) is 15.0 Å². The van der Waals surface area contributed by atoms with Crippen LogP contribution in [0.2, 0.25) is 0 Å². The van der Waals surface area contributed by atoms with Gasteiger partial charge in [0.2, 0.25) is 5.95 Å². The lowest BCUT2D eigenvalue weighted by Gasteiger charge is -2.04. The van der Waals surface area contributed by atoms with Crippen LogP contribution >= 0.6 is 23.1 Å². The maximum absolute atomic E-state index is 5.42. The van der Waals surface area contributed by atoms with Crippen LogP contribution in [0.3, 0.4) is 0 Å². The summed E-state index contributed by atoms with van der Waals surface area (Å²) < 4.78 is 0. The zero-order chi connectivity index (χ0) is 13.2. The van der Waals surface area contributed by atoms with Gasteiger partial charge in [0, 0.05) is 27.6 Å². The van der Waals surface area contributed by atoms with Gasteiger partial charge in [-0.05, 0) is 25.1 Å². The van der Waals surface area contributed by atoms with Crippen LogP contribution in [0.5, 0.6) is 0 Å². The predicted octanol–water partition coefficient (Wildman–Crippen LogP) is 2.83. The molecule has 19 heavy (non-hydrogen) atoms. The Labute approximate surface area is 118 Å². The molecular weight excluding hydrogens is 278 g/mol. The third-order valence-corrected chi connectivity index (χ3v) is 4.43. The van der Waals surface area contributed by atoms with Gasteiger partial charge < -0.3 is 0 Å². The monoisotopic (exact) mass is 289 g/mol. The quantitative estimate of drug-likeness (QED) is 0.438. The summed E-state index contributed by atoms with van der Waals surface area (Å²) in [4.78, 5) is 16.0. The lowest BCUT2D eigenvalue weighted by Crippen LogP contribution is -2.10. The molecule has 0 saturated carbocycles. The zero-order valence-electron chi connectivity index (χ0n) is 10.1. The number of thiophene rings is 1. The van der Waals surface area contributed by atoms with Gasteiger partial charge in [-0.3, -0.25) is 10.4 Å². The van der Waals surface area contributed by atoms with Gasteiger partial charge in [0.1, 0.15) is 9.86 Å². The number of nitrogens with zero attached hydrogens (tertiary/aromatic N) is 3. The van der Waals surface area contributed by atoms with Crippen molar-refractivity contribution in [3.05, 3.63) is 35.5 Å². The Kier molecular flexibility index (Phi) is 3.33. The maximum atomic E-state index is 5.42. The largest absolute Gasteiger partial charge is 0.292 e. The Morgan fingerprint density at radius 2 is 2.05 bits per heavy atom. The van der Waals surface area contributed by atoms with Crippen molar-refractivity contribution >= 4 is 39.3 Å². The first-order valence-corrected chi connectivity index (χ1v) is 7.22. The minimum absolute atomic E-state index is 0.436. The molecule has 0 aliphatic heterocycles. The predicted molar refractivity (Wildman–Crippen MR) is 78.3 cm³/mol. The molecule has 0 fully saturated rings. The van der Waals surface area contributed by atoms with Gasteiger partial charge in [0.15, 0.2) is 0 Å². The molecule has 3 aromatic rings. The molecule has 0 aliphatic rings. The second-order valence-electron chi connectivity index (χ2n) is 3.86. The summed E-state index contributed by atoms with van der Waals surface area (Å²) in [5.74, 6) is 5.86. The molecule has 5 nitrogen and oxygen atoms in total. The normalized spacial score (nSPS) is 10.8. The molecule has 3 heterocycles. The highest BCUT2D eigenvalue weighted by Crippen LogP contribution is 2.35. The standard InChI is InChI=1S/C12H11N5S2/c1-7-6-9-10(18-7)15-12(17-13)16-11(9)19-8-2-4-14-5-3-8/h2-6H,13H2,1H3,(H,15,16,17). The van der Waals surface area contributed by atoms with Crippen LogP contribution in [0.25, 0.3) is 10.2 Å². The van der Waals surface area contributed by atoms with Crippen molar-refractivity contribution in [3.8, 4) is 0 Å². The zero-order valence-corrected chi connectivity index (χ0v) is 11.8. The Morgan fingerprint density at radius 1 is 1.26 bits per heavy atom. The van der Waals surface area contributed by atoms with Crippen molar-refractivity contribution in [3.63, 3.8) is 0 Å². The number of fused-ring (bicyclic) bond motifs is 1. The Hall–Kier alpha value is -1.70. The fourth-order valence-corrected chi connectivity index (χ4v) is 3.50. The maximum Gasteiger partial charge on any atom is 0.239 e. The van der Waals surface area contributed by atoms with E-state index in [1.165, 1.54) is 4.88 Å². The molecule has 0 unspecified atom stereocenters. The van der Waals surface area contributed by atoms with E-state index in [0.29, 0.717) is 5.95 Å². The molecule has 3 rings (SSSR count). The van der Waals surface area contributed by atoms with Gasteiger partial charge in [-0.2, -0.15) is 0 Å². The van der Waals surface area contributed by atoms with Gasteiger partial charge in [0.05, 0.1) is 0 Å². The van der Waals surface area contributed by atoms with Gasteiger partial charge in [-0.15, -0.1) is 11.3 Å². The van der Waals surface area contributed by atoms with E-state index in [1.807, 2.05) is 12.1 Å². The van der Waals surface area contributed by atoms with E-state index in [2.05, 4.69) is 33.4 Å². The number of aryl methyl sites for hydroxylation is 1. The van der Waals surface area contributed by atoms with Crippen molar-refractivity contribution in [2.24, 2.45) is 5.84 Å². The van der Waals surface area contributed by atoms with Gasteiger partial charge in [-0.1, -0.05) is 11.8 Å². The van der Waals surface area contributed by atoms with Gasteiger partial charge in [0.25, 0.3) is 0 Å². The smallest absolute Gasteiger partial charge is 0.239 e. The third-order valence-electron chi connectivity index (χ3n) is 2.47. The first-order chi connectivity index (χ1) is 9.26. The highest BCUT2D eigenvalue weighted by atomic mass is 32.2. The number of hydrogen-bond acceptors (Lipinski definition) is 7. The van der Waals surface area contributed by atoms with Crippen LogP contribution in [-0.2, 0) is 0 Å². The molecule has 0 amide bonds. The summed E-state index contributed by atoms with van der Waals surface area (Å²) in [6.07, 6.45) is 3.53. The topological polar surface area (TPSA) is 76.7 Å². The van der Waals surface area contributed by atoms with Crippen molar-refractivity contribution in [1.82, 2.24) is 15.0 Å². The number of nitrogens with two attached hydrogens (primary N) is 1. The summed E-state index contributed by atoms with van der Waals surface area (Å²) in [7, 11) is 0. The van der Waals surface area contributed by atoms with Crippen molar-refractivity contribution < 1.29 is 0 Å². The average Bonchev–Trinajstić information content (AvgIpc) is 2.80. The number of hydrazine groups is 1. The molecule has 0 saturated heterocycles. The second-order valence-corrected chi connectivity index (χ2v) is 6.15. The molecule has 96 valence electrons. The van der Waals surface area contributed by atoms with E-state index in [1.54, 1.807) is 35.5 Å². The molecule has 0 spiro atoms. The molecule has 0 aromatic carbocycles. The number of pyridine rings is 1. The molecule has 3 aromatic heterocycles. The first-order valence-electron chi connectivity index (χ1n) is 5.59. The molecule has 0 bridgehead atoms. The van der Waals surface area contributed by atoms with E-state index in [0.717, 1.165) is 20.1 Å². The summed E-state index contributed by atoms with van der Waals surface area (Å²) in [5, 5.41) is 1.96. The van der Waals surface area contributed by atoms with Crippen LogP contribution in [0.4, 0.5) is 5.95 Å². The molecule has 3 N–H and O–H groups in total. The summed E-state index contributed by atoms with van der Waals surface area (Å²) in [6, 6.07) is 6.00. The number of anilines is 1. The summed E-state index contributed by atoms with van der Waals surface area (Å²) in [6.45, 7) is 2.06. The SMILES string of the molecule is Cc1cc2c(Sc3ccncc3)nc(NN)nc2s1. The van der Waals surface area contributed by atoms with Crippen LogP contribution in [0.1, 0.15) is 4.88 Å². The Bertz CT molecular complexity index is 711. The fourth-order valence-electron chi connectivity index (χ4n) is 1.68. The number of nitrogens with one attached hydrogen (secondary N) is 1. The van der Waals surface area contributed by atoms with Gasteiger partial charge >= 0.3 is 0 Å². The van der Waals surface area contributed by atoms with Crippen molar-refractivity contribution in [2.45, 2.75) is 16.8 Å². The molecule has 0 atom stereocenters. The van der Waals surface area contributed by atoms with E-state index >= 15 is 0 Å². The lowest BCUT2D eigenvalue weighted by molar-refractivity contribution is 1.08. The minimum Gasteiger partial charge on any atom is -0.292 e. The van der Waals surface area contributed by atoms with Crippen molar-refractivity contribution in [1.29, 1.82) is 0 Å². The molecule has 0 aliphatic carbocycles. The van der Waals surface area contributed by atoms with Crippen LogP contribution in [0, 0.1) is 6.92 Å².